The highest BCUT2D eigenvalue weighted by atomic mass is 16.3. The van der Waals surface area contributed by atoms with Crippen LogP contribution in [0.2, 0.25) is 0 Å². The van der Waals surface area contributed by atoms with E-state index in [9.17, 15) is 10.2 Å². The fourth-order valence-corrected chi connectivity index (χ4v) is 5.53. The number of phenolic OH excluding ortho intramolecular Hbond substituents is 2. The maximum absolute atomic E-state index is 11.3. The van der Waals surface area contributed by atoms with Crippen LogP contribution < -0.4 is 0 Å². The van der Waals surface area contributed by atoms with Gasteiger partial charge in [-0.25, -0.2) is 0 Å². The van der Waals surface area contributed by atoms with E-state index in [0.29, 0.717) is 23.3 Å². The van der Waals surface area contributed by atoms with Crippen molar-refractivity contribution in [2.45, 2.75) is 143 Å². The second-order valence-corrected chi connectivity index (χ2v) is 15.0. The summed E-state index contributed by atoms with van der Waals surface area (Å²) in [5.41, 5.74) is 6.08. The first-order chi connectivity index (χ1) is 16.1. The maximum Gasteiger partial charge on any atom is 0.123 e. The van der Waals surface area contributed by atoms with Gasteiger partial charge in [0, 0.05) is 0 Å². The van der Waals surface area contributed by atoms with Gasteiger partial charge in [-0.3, -0.25) is 0 Å². The minimum Gasteiger partial charge on any atom is -0.507 e. The van der Waals surface area contributed by atoms with E-state index in [1.165, 1.54) is 11.1 Å². The Morgan fingerprint density at radius 3 is 0.806 bits per heavy atom. The first-order valence-corrected chi connectivity index (χ1v) is 13.9. The molecule has 0 aliphatic rings. The van der Waals surface area contributed by atoms with Crippen molar-refractivity contribution in [1.82, 2.24) is 0 Å². The van der Waals surface area contributed by atoms with E-state index in [0.717, 1.165) is 35.1 Å². The van der Waals surface area contributed by atoms with Crippen LogP contribution in [0.4, 0.5) is 0 Å². The lowest BCUT2D eigenvalue weighted by Gasteiger charge is -2.34. The number of aromatic hydroxyl groups is 2. The van der Waals surface area contributed by atoms with Gasteiger partial charge in [-0.15, -0.1) is 0 Å². The minimum absolute atomic E-state index is 0.155. The summed E-state index contributed by atoms with van der Waals surface area (Å²) >= 11 is 0. The Kier molecular flexibility index (Phi) is 8.46. The zero-order valence-corrected chi connectivity index (χ0v) is 25.8. The van der Waals surface area contributed by atoms with Crippen LogP contribution in [0.3, 0.4) is 0 Å². The molecule has 2 heteroatoms. The van der Waals surface area contributed by atoms with Gasteiger partial charge < -0.3 is 10.2 Å². The van der Waals surface area contributed by atoms with E-state index in [1.807, 2.05) is 0 Å². The van der Waals surface area contributed by atoms with Gasteiger partial charge in [0.2, 0.25) is 0 Å². The summed E-state index contributed by atoms with van der Waals surface area (Å²) in [7, 11) is 0. The summed E-state index contributed by atoms with van der Waals surface area (Å²) in [6.45, 7) is 30.7. The van der Waals surface area contributed by atoms with Crippen molar-refractivity contribution >= 4 is 0 Å². The second-order valence-electron chi connectivity index (χ2n) is 15.0. The van der Waals surface area contributed by atoms with Crippen molar-refractivity contribution in [2.24, 2.45) is 0 Å². The summed E-state index contributed by atoms with van der Waals surface area (Å²) in [6.07, 6.45) is 2.01. The Balaban J connectivity index is 2.86. The Morgan fingerprint density at radius 1 is 0.472 bits per heavy atom. The van der Waals surface area contributed by atoms with E-state index >= 15 is 0 Å². The largest absolute Gasteiger partial charge is 0.507 e. The molecule has 2 unspecified atom stereocenters. The molecule has 0 bridgehead atoms. The van der Waals surface area contributed by atoms with Gasteiger partial charge in [0.05, 0.1) is 0 Å². The average molecular weight is 495 g/mol. The topological polar surface area (TPSA) is 40.5 Å². The van der Waals surface area contributed by atoms with Crippen LogP contribution in [0.15, 0.2) is 24.3 Å². The van der Waals surface area contributed by atoms with Crippen LogP contribution in [-0.2, 0) is 21.7 Å². The molecule has 2 aromatic rings. The molecule has 0 amide bonds. The van der Waals surface area contributed by atoms with Crippen LogP contribution in [0, 0.1) is 0 Å². The molecule has 0 heterocycles. The van der Waals surface area contributed by atoms with E-state index in [2.05, 4.69) is 121 Å². The number of phenols is 2. The Labute approximate surface area is 222 Å². The maximum atomic E-state index is 11.3. The fourth-order valence-electron chi connectivity index (χ4n) is 5.53. The van der Waals surface area contributed by atoms with Crippen LogP contribution >= 0.6 is 0 Å². The normalized spacial score (nSPS) is 15.2. The molecule has 2 N–H and O–H groups in total. The molecule has 2 aromatic carbocycles. The lowest BCUT2D eigenvalue weighted by molar-refractivity contribution is 0.416. The summed E-state index contributed by atoms with van der Waals surface area (Å²) in [5, 5.41) is 22.6. The molecule has 36 heavy (non-hydrogen) atoms. The van der Waals surface area contributed by atoms with Gasteiger partial charge in [-0.1, -0.05) is 121 Å². The zero-order valence-electron chi connectivity index (χ0n) is 25.8. The third kappa shape index (κ3) is 6.29. The van der Waals surface area contributed by atoms with Crippen molar-refractivity contribution < 1.29 is 10.2 Å². The lowest BCUT2D eigenvalue weighted by atomic mass is 9.71. The molecule has 0 aliphatic carbocycles. The van der Waals surface area contributed by atoms with Crippen molar-refractivity contribution in [3.63, 3.8) is 0 Å². The van der Waals surface area contributed by atoms with Crippen LogP contribution in [0.1, 0.15) is 155 Å². The smallest absolute Gasteiger partial charge is 0.123 e. The molecular weight excluding hydrogens is 440 g/mol. The fraction of sp³-hybridized carbons (Fsp3) is 0.647. The van der Waals surface area contributed by atoms with Gasteiger partial charge in [0.15, 0.2) is 0 Å². The van der Waals surface area contributed by atoms with E-state index in [1.54, 1.807) is 0 Å². The zero-order chi connectivity index (χ0) is 28.0. The number of benzene rings is 2. The highest BCUT2D eigenvalue weighted by Crippen LogP contribution is 2.48. The summed E-state index contributed by atoms with van der Waals surface area (Å²) < 4.78 is 0. The minimum atomic E-state index is -0.155. The third-order valence-corrected chi connectivity index (χ3v) is 7.72. The van der Waals surface area contributed by atoms with Gasteiger partial charge >= 0.3 is 0 Å². The third-order valence-electron chi connectivity index (χ3n) is 7.72. The summed E-state index contributed by atoms with van der Waals surface area (Å²) in [4.78, 5) is 0. The monoisotopic (exact) mass is 494 g/mol. The Morgan fingerprint density at radius 2 is 0.667 bits per heavy atom. The molecule has 2 rings (SSSR count). The number of hydrogen-bond donors (Lipinski definition) is 2. The van der Waals surface area contributed by atoms with E-state index in [4.69, 9.17) is 0 Å². The SMILES string of the molecule is CCC(c1cc(C(C)(C)C)c(O)c(C(C)(C)C)c1)C(CC)c1cc(C(C)(C)C)c(O)c(C(C)(C)C)c1. The molecule has 0 saturated carbocycles. The number of hydrogen-bond acceptors (Lipinski definition) is 2. The molecule has 2 atom stereocenters. The predicted octanol–water partition coefficient (Wildman–Crippen LogP) is 9.98. The average Bonchev–Trinajstić information content (AvgIpc) is 2.69. The van der Waals surface area contributed by atoms with Crippen molar-refractivity contribution in [3.8, 4) is 11.5 Å². The molecule has 2 nitrogen and oxygen atoms in total. The van der Waals surface area contributed by atoms with Crippen LogP contribution in [0.25, 0.3) is 0 Å². The number of rotatable bonds is 5. The molecular formula is C34H54O2. The lowest BCUT2D eigenvalue weighted by Crippen LogP contribution is -2.21. The molecule has 202 valence electrons. The van der Waals surface area contributed by atoms with E-state index < -0.39 is 0 Å². The second kappa shape index (κ2) is 10.1. The standard InChI is InChI=1S/C34H54O2/c1-15-23(21-17-25(31(3,4)5)29(35)26(18-21)32(6,7)8)24(16-2)22-19-27(33(9,10)11)30(36)28(20-22)34(12,13)14/h17-20,23-24,35-36H,15-16H2,1-14H3. The first kappa shape index (κ1) is 30.3. The van der Waals surface area contributed by atoms with Crippen molar-refractivity contribution in [1.29, 1.82) is 0 Å². The van der Waals surface area contributed by atoms with Gasteiger partial charge in [-0.05, 0) is 79.7 Å². The molecule has 0 aliphatic heterocycles. The molecule has 0 saturated heterocycles. The van der Waals surface area contributed by atoms with Crippen LogP contribution in [-0.4, -0.2) is 10.2 Å². The predicted molar refractivity (Wildman–Crippen MR) is 157 cm³/mol. The quantitative estimate of drug-likeness (QED) is 0.434. The Bertz CT molecular complexity index is 905. The molecule has 0 aromatic heterocycles. The van der Waals surface area contributed by atoms with Gasteiger partial charge in [0.25, 0.3) is 0 Å². The van der Waals surface area contributed by atoms with Gasteiger partial charge in [0.1, 0.15) is 11.5 Å². The molecule has 0 spiro atoms. The van der Waals surface area contributed by atoms with Crippen LogP contribution in [0.5, 0.6) is 11.5 Å². The Hall–Kier alpha value is -1.96. The highest BCUT2D eigenvalue weighted by Gasteiger charge is 2.33. The highest BCUT2D eigenvalue weighted by molar-refractivity contribution is 5.53. The van der Waals surface area contributed by atoms with Crippen molar-refractivity contribution in [3.05, 3.63) is 57.6 Å². The van der Waals surface area contributed by atoms with Crippen molar-refractivity contribution in [2.75, 3.05) is 0 Å². The molecule has 0 fully saturated rings. The summed E-state index contributed by atoms with van der Waals surface area (Å²) in [6, 6.07) is 9.04. The summed E-state index contributed by atoms with van der Waals surface area (Å²) in [5.74, 6) is 1.50. The molecule has 0 radical (unpaired) electrons. The van der Waals surface area contributed by atoms with E-state index in [-0.39, 0.29) is 21.7 Å². The van der Waals surface area contributed by atoms with Gasteiger partial charge in [-0.2, -0.15) is 0 Å². The first-order valence-electron chi connectivity index (χ1n) is 13.9.